The number of rotatable bonds is 5. The topological polar surface area (TPSA) is 46.5 Å². The van der Waals surface area contributed by atoms with E-state index in [9.17, 15) is 4.79 Å². The molecule has 1 N–H and O–H groups in total. The predicted octanol–water partition coefficient (Wildman–Crippen LogP) is 1.64. The standard InChI is InChI=1S/C12H22O3/c1-8(13)6-15-7-9-5-10(9)11(14)12(2,3)4/h8-10,13H,5-7H2,1-4H3. The Hall–Kier alpha value is -0.410. The SMILES string of the molecule is CC(O)COCC1CC1C(=O)C(C)(C)C. The maximum atomic E-state index is 11.8. The van der Waals surface area contributed by atoms with E-state index in [1.165, 1.54) is 0 Å². The first-order valence-corrected chi connectivity index (χ1v) is 5.62. The molecule has 0 spiro atoms. The van der Waals surface area contributed by atoms with Crippen LogP contribution in [0.5, 0.6) is 0 Å². The molecule has 3 nitrogen and oxygen atoms in total. The summed E-state index contributed by atoms with van der Waals surface area (Å²) in [5.41, 5.74) is -0.232. The summed E-state index contributed by atoms with van der Waals surface area (Å²) in [6.07, 6.45) is 0.538. The Morgan fingerprint density at radius 1 is 1.53 bits per heavy atom. The molecule has 1 aliphatic carbocycles. The van der Waals surface area contributed by atoms with Gasteiger partial charge in [-0.15, -0.1) is 0 Å². The number of hydrogen-bond acceptors (Lipinski definition) is 3. The van der Waals surface area contributed by atoms with Crippen LogP contribution in [0.1, 0.15) is 34.1 Å². The molecule has 15 heavy (non-hydrogen) atoms. The first-order chi connectivity index (χ1) is 6.82. The number of carbonyl (C=O) groups excluding carboxylic acids is 1. The van der Waals surface area contributed by atoms with Crippen LogP contribution < -0.4 is 0 Å². The molecule has 1 rings (SSSR count). The second-order valence-corrected chi connectivity index (χ2v) is 5.60. The molecule has 88 valence electrons. The molecule has 0 amide bonds. The smallest absolute Gasteiger partial charge is 0.141 e. The van der Waals surface area contributed by atoms with Crippen LogP contribution in [0.4, 0.5) is 0 Å². The number of ether oxygens (including phenoxy) is 1. The minimum atomic E-state index is -0.416. The van der Waals surface area contributed by atoms with Crippen LogP contribution in [-0.4, -0.2) is 30.2 Å². The zero-order valence-corrected chi connectivity index (χ0v) is 10.1. The summed E-state index contributed by atoms with van der Waals surface area (Å²) < 4.78 is 5.31. The molecule has 0 saturated heterocycles. The normalized spacial score (nSPS) is 27.5. The highest BCUT2D eigenvalue weighted by Crippen LogP contribution is 2.43. The van der Waals surface area contributed by atoms with E-state index in [0.717, 1.165) is 6.42 Å². The van der Waals surface area contributed by atoms with Crippen LogP contribution in [0.2, 0.25) is 0 Å². The zero-order valence-electron chi connectivity index (χ0n) is 10.1. The molecule has 0 heterocycles. The summed E-state index contributed by atoms with van der Waals surface area (Å²) in [6, 6.07) is 0. The first-order valence-electron chi connectivity index (χ1n) is 5.62. The number of aliphatic hydroxyl groups is 1. The minimum Gasteiger partial charge on any atom is -0.391 e. The third kappa shape index (κ3) is 3.92. The summed E-state index contributed by atoms with van der Waals surface area (Å²) in [6.45, 7) is 8.55. The van der Waals surface area contributed by atoms with E-state index in [1.54, 1.807) is 6.92 Å². The average molecular weight is 214 g/mol. The second-order valence-electron chi connectivity index (χ2n) is 5.60. The number of hydrogen-bond donors (Lipinski definition) is 1. The van der Waals surface area contributed by atoms with Gasteiger partial charge in [-0.2, -0.15) is 0 Å². The molecule has 1 saturated carbocycles. The number of ketones is 1. The van der Waals surface area contributed by atoms with Gasteiger partial charge in [-0.05, 0) is 19.3 Å². The fourth-order valence-corrected chi connectivity index (χ4v) is 1.70. The van der Waals surface area contributed by atoms with E-state index in [1.807, 2.05) is 20.8 Å². The Bertz CT molecular complexity index is 228. The van der Waals surface area contributed by atoms with Crippen molar-refractivity contribution >= 4 is 5.78 Å². The molecular formula is C12H22O3. The molecule has 1 aliphatic rings. The van der Waals surface area contributed by atoms with Crippen molar-refractivity contribution in [2.45, 2.75) is 40.2 Å². The van der Waals surface area contributed by atoms with Gasteiger partial charge in [-0.1, -0.05) is 20.8 Å². The van der Waals surface area contributed by atoms with Gasteiger partial charge >= 0.3 is 0 Å². The summed E-state index contributed by atoms with van der Waals surface area (Å²) in [5.74, 6) is 0.919. The van der Waals surface area contributed by atoms with Crippen LogP contribution in [0, 0.1) is 17.3 Å². The van der Waals surface area contributed by atoms with Crippen molar-refractivity contribution in [3.05, 3.63) is 0 Å². The van der Waals surface area contributed by atoms with Crippen molar-refractivity contribution in [3.8, 4) is 0 Å². The van der Waals surface area contributed by atoms with Gasteiger partial charge in [0.05, 0.1) is 19.3 Å². The fraction of sp³-hybridized carbons (Fsp3) is 0.917. The van der Waals surface area contributed by atoms with Gasteiger partial charge < -0.3 is 9.84 Å². The zero-order chi connectivity index (χ0) is 11.6. The molecule has 0 aliphatic heterocycles. The lowest BCUT2D eigenvalue weighted by Gasteiger charge is -2.16. The van der Waals surface area contributed by atoms with Gasteiger partial charge in [0.2, 0.25) is 0 Å². The van der Waals surface area contributed by atoms with Gasteiger partial charge in [-0.3, -0.25) is 4.79 Å². The fourth-order valence-electron chi connectivity index (χ4n) is 1.70. The summed E-state index contributed by atoms with van der Waals surface area (Å²) >= 11 is 0. The van der Waals surface area contributed by atoms with E-state index in [-0.39, 0.29) is 11.3 Å². The van der Waals surface area contributed by atoms with Gasteiger partial charge in [0.1, 0.15) is 5.78 Å². The number of aliphatic hydroxyl groups excluding tert-OH is 1. The Kier molecular flexibility index (Phi) is 3.90. The summed E-state index contributed by atoms with van der Waals surface area (Å²) in [5, 5.41) is 9.00. The minimum absolute atomic E-state index is 0.194. The van der Waals surface area contributed by atoms with Crippen LogP contribution >= 0.6 is 0 Å². The van der Waals surface area contributed by atoms with Gasteiger partial charge in [0.15, 0.2) is 0 Å². The van der Waals surface area contributed by atoms with Crippen LogP contribution in [0.15, 0.2) is 0 Å². The lowest BCUT2D eigenvalue weighted by Crippen LogP contribution is -2.23. The van der Waals surface area contributed by atoms with E-state index < -0.39 is 6.10 Å². The largest absolute Gasteiger partial charge is 0.391 e. The van der Waals surface area contributed by atoms with E-state index >= 15 is 0 Å². The quantitative estimate of drug-likeness (QED) is 0.756. The van der Waals surface area contributed by atoms with Crippen molar-refractivity contribution in [1.82, 2.24) is 0 Å². The lowest BCUT2D eigenvalue weighted by atomic mass is 9.87. The maximum Gasteiger partial charge on any atom is 0.141 e. The third-order valence-electron chi connectivity index (χ3n) is 2.69. The number of carbonyl (C=O) groups is 1. The third-order valence-corrected chi connectivity index (χ3v) is 2.69. The van der Waals surface area contributed by atoms with Crippen molar-refractivity contribution in [1.29, 1.82) is 0 Å². The predicted molar refractivity (Wildman–Crippen MR) is 58.6 cm³/mol. The van der Waals surface area contributed by atoms with Crippen LogP contribution in [0.25, 0.3) is 0 Å². The molecular weight excluding hydrogens is 192 g/mol. The molecule has 3 unspecified atom stereocenters. The van der Waals surface area contributed by atoms with Crippen molar-refractivity contribution < 1.29 is 14.6 Å². The molecule has 0 aromatic carbocycles. The molecule has 1 fully saturated rings. The van der Waals surface area contributed by atoms with E-state index in [2.05, 4.69) is 0 Å². The Morgan fingerprint density at radius 2 is 2.13 bits per heavy atom. The molecule has 0 bridgehead atoms. The highest BCUT2D eigenvalue weighted by Gasteiger charge is 2.46. The molecule has 3 atom stereocenters. The molecule has 0 aromatic heterocycles. The lowest BCUT2D eigenvalue weighted by molar-refractivity contribution is -0.128. The highest BCUT2D eigenvalue weighted by molar-refractivity contribution is 5.88. The van der Waals surface area contributed by atoms with Gasteiger partial charge in [-0.25, -0.2) is 0 Å². The molecule has 0 radical (unpaired) electrons. The van der Waals surface area contributed by atoms with Crippen molar-refractivity contribution in [2.24, 2.45) is 17.3 Å². The monoisotopic (exact) mass is 214 g/mol. The van der Waals surface area contributed by atoms with Crippen molar-refractivity contribution in [3.63, 3.8) is 0 Å². The van der Waals surface area contributed by atoms with Gasteiger partial charge in [0.25, 0.3) is 0 Å². The summed E-state index contributed by atoms with van der Waals surface area (Å²) in [7, 11) is 0. The van der Waals surface area contributed by atoms with Crippen LogP contribution in [0.3, 0.4) is 0 Å². The van der Waals surface area contributed by atoms with E-state index in [4.69, 9.17) is 9.84 Å². The Balaban J connectivity index is 2.21. The average Bonchev–Trinajstić information content (AvgIpc) is 2.80. The second kappa shape index (κ2) is 4.62. The number of Topliss-reactive ketones (excluding diaryl/α,β-unsaturated/α-hetero) is 1. The van der Waals surface area contributed by atoms with Crippen LogP contribution in [-0.2, 0) is 9.53 Å². The van der Waals surface area contributed by atoms with Crippen molar-refractivity contribution in [2.75, 3.05) is 13.2 Å². The molecule has 0 aromatic rings. The Labute approximate surface area is 91.8 Å². The summed E-state index contributed by atoms with van der Waals surface area (Å²) in [4.78, 5) is 11.8. The molecule has 3 heteroatoms. The maximum absolute atomic E-state index is 11.8. The van der Waals surface area contributed by atoms with Gasteiger partial charge in [0, 0.05) is 11.3 Å². The van der Waals surface area contributed by atoms with E-state index in [0.29, 0.717) is 24.9 Å². The Morgan fingerprint density at radius 3 is 2.60 bits per heavy atom. The highest BCUT2D eigenvalue weighted by atomic mass is 16.5. The first kappa shape index (κ1) is 12.7.